The van der Waals surface area contributed by atoms with Gasteiger partial charge in [-0.3, -0.25) is 19.2 Å². The number of halogens is 1. The summed E-state index contributed by atoms with van der Waals surface area (Å²) in [5.41, 5.74) is 1.67. The standard InChI is InChI=1S/C33H24ClNO7/c34-25-13-16-28(27(18-25)31(38)22-7-3-1-4-8-22)35-19-24(17-30(35)37)32(39)41-20-29(36)21-11-14-26(15-12-21)42-33(40)23-9-5-2-6-10-23/h1-16,18,24H,17,19-20H2/t24-/m0/s1. The van der Waals surface area contributed by atoms with E-state index in [9.17, 15) is 24.0 Å². The molecule has 0 unspecified atom stereocenters. The van der Waals surface area contributed by atoms with Gasteiger partial charge in [0.25, 0.3) is 0 Å². The van der Waals surface area contributed by atoms with E-state index in [4.69, 9.17) is 21.1 Å². The summed E-state index contributed by atoms with van der Waals surface area (Å²) in [5.74, 6) is -2.91. The molecular weight excluding hydrogens is 558 g/mol. The van der Waals surface area contributed by atoms with Crippen LogP contribution in [-0.2, 0) is 14.3 Å². The third-order valence-electron chi connectivity index (χ3n) is 6.73. The summed E-state index contributed by atoms with van der Waals surface area (Å²) in [5, 5.41) is 0.335. The molecule has 1 amide bonds. The highest BCUT2D eigenvalue weighted by Crippen LogP contribution is 2.32. The molecule has 1 fully saturated rings. The van der Waals surface area contributed by atoms with Crippen LogP contribution in [0.3, 0.4) is 0 Å². The Morgan fingerprint density at radius 3 is 2.10 bits per heavy atom. The number of nitrogens with zero attached hydrogens (tertiary/aromatic N) is 1. The molecule has 0 radical (unpaired) electrons. The van der Waals surface area contributed by atoms with Crippen LogP contribution in [0.2, 0.25) is 5.02 Å². The second kappa shape index (κ2) is 12.6. The Labute approximate surface area is 246 Å². The number of hydrogen-bond donors (Lipinski definition) is 0. The van der Waals surface area contributed by atoms with Gasteiger partial charge in [-0.05, 0) is 54.6 Å². The monoisotopic (exact) mass is 581 g/mol. The van der Waals surface area contributed by atoms with Gasteiger partial charge in [0.1, 0.15) is 5.75 Å². The Hall–Kier alpha value is -5.08. The number of amides is 1. The first-order valence-corrected chi connectivity index (χ1v) is 13.4. The predicted molar refractivity (Wildman–Crippen MR) is 155 cm³/mol. The van der Waals surface area contributed by atoms with Crippen molar-refractivity contribution in [1.29, 1.82) is 0 Å². The van der Waals surface area contributed by atoms with Gasteiger partial charge in [0.2, 0.25) is 5.91 Å². The first-order valence-electron chi connectivity index (χ1n) is 13.1. The van der Waals surface area contributed by atoms with Gasteiger partial charge in [0, 0.05) is 34.7 Å². The van der Waals surface area contributed by atoms with Crippen molar-refractivity contribution in [2.45, 2.75) is 6.42 Å². The zero-order valence-electron chi connectivity index (χ0n) is 22.2. The number of ketones is 2. The van der Waals surface area contributed by atoms with E-state index in [-0.39, 0.29) is 41.5 Å². The predicted octanol–water partition coefficient (Wildman–Crippen LogP) is 5.57. The van der Waals surface area contributed by atoms with Crippen LogP contribution in [0.1, 0.15) is 43.1 Å². The van der Waals surface area contributed by atoms with Gasteiger partial charge in [-0.25, -0.2) is 4.79 Å². The van der Waals surface area contributed by atoms with Gasteiger partial charge in [0.15, 0.2) is 18.2 Å². The molecule has 210 valence electrons. The molecule has 1 heterocycles. The number of carbonyl (C=O) groups excluding carboxylic acids is 5. The highest BCUT2D eigenvalue weighted by atomic mass is 35.5. The zero-order valence-corrected chi connectivity index (χ0v) is 23.0. The van der Waals surface area contributed by atoms with Crippen molar-refractivity contribution >= 4 is 46.7 Å². The van der Waals surface area contributed by atoms with Crippen LogP contribution in [0.15, 0.2) is 103 Å². The Bertz CT molecular complexity index is 1650. The van der Waals surface area contributed by atoms with Crippen LogP contribution < -0.4 is 9.64 Å². The number of carbonyl (C=O) groups is 5. The summed E-state index contributed by atoms with van der Waals surface area (Å²) in [4.78, 5) is 65.1. The van der Waals surface area contributed by atoms with Crippen LogP contribution in [0.5, 0.6) is 5.75 Å². The van der Waals surface area contributed by atoms with Crippen LogP contribution in [0.4, 0.5) is 5.69 Å². The Balaban J connectivity index is 1.19. The molecule has 4 aromatic carbocycles. The van der Waals surface area contributed by atoms with E-state index in [1.807, 2.05) is 0 Å². The molecule has 4 aromatic rings. The summed E-state index contributed by atoms with van der Waals surface area (Å²) in [6, 6.07) is 27.6. The van der Waals surface area contributed by atoms with Crippen molar-refractivity contribution in [3.05, 3.63) is 130 Å². The molecule has 0 bridgehead atoms. The van der Waals surface area contributed by atoms with Crippen molar-refractivity contribution in [3.8, 4) is 5.75 Å². The molecule has 9 heteroatoms. The van der Waals surface area contributed by atoms with Gasteiger partial charge in [-0.15, -0.1) is 0 Å². The quantitative estimate of drug-likeness (QED) is 0.144. The number of esters is 2. The molecule has 0 N–H and O–H groups in total. The maximum Gasteiger partial charge on any atom is 0.343 e. The van der Waals surface area contributed by atoms with Crippen molar-refractivity contribution in [2.75, 3.05) is 18.1 Å². The minimum atomic E-state index is -0.819. The fraction of sp³-hybridized carbons (Fsp3) is 0.121. The second-order valence-electron chi connectivity index (χ2n) is 9.57. The van der Waals surface area contributed by atoms with Gasteiger partial charge >= 0.3 is 11.9 Å². The van der Waals surface area contributed by atoms with Crippen LogP contribution in [0, 0.1) is 5.92 Å². The molecule has 0 aromatic heterocycles. The summed E-state index contributed by atoms with van der Waals surface area (Å²) in [6.07, 6.45) is -0.129. The van der Waals surface area contributed by atoms with E-state index in [1.165, 1.54) is 35.2 Å². The number of Topliss-reactive ketones (excluding diaryl/α,β-unsaturated/α-hetero) is 1. The fourth-order valence-electron chi connectivity index (χ4n) is 4.56. The number of ether oxygens (including phenoxy) is 2. The fourth-order valence-corrected chi connectivity index (χ4v) is 4.73. The van der Waals surface area contributed by atoms with Crippen molar-refractivity contribution < 1.29 is 33.4 Å². The molecule has 5 rings (SSSR count). The lowest BCUT2D eigenvalue weighted by Crippen LogP contribution is -2.28. The van der Waals surface area contributed by atoms with Gasteiger partial charge in [0.05, 0.1) is 17.2 Å². The third-order valence-corrected chi connectivity index (χ3v) is 6.97. The number of rotatable bonds is 9. The molecule has 0 saturated carbocycles. The molecule has 1 aliphatic rings. The Morgan fingerprint density at radius 2 is 1.43 bits per heavy atom. The molecular formula is C33H24ClNO7. The lowest BCUT2D eigenvalue weighted by molar-refractivity contribution is -0.147. The molecule has 8 nitrogen and oxygen atoms in total. The topological polar surface area (TPSA) is 107 Å². The average Bonchev–Trinajstić information content (AvgIpc) is 3.41. The van der Waals surface area contributed by atoms with E-state index in [0.717, 1.165) is 0 Å². The molecule has 0 spiro atoms. The molecule has 1 aliphatic heterocycles. The van der Waals surface area contributed by atoms with E-state index >= 15 is 0 Å². The summed E-state index contributed by atoms with van der Waals surface area (Å²) >= 11 is 6.16. The molecule has 1 atom stereocenters. The summed E-state index contributed by atoms with van der Waals surface area (Å²) in [6.45, 7) is -0.532. The second-order valence-corrected chi connectivity index (χ2v) is 10.0. The highest BCUT2D eigenvalue weighted by molar-refractivity contribution is 6.31. The normalized spacial score (nSPS) is 14.4. The lowest BCUT2D eigenvalue weighted by Gasteiger charge is -2.20. The van der Waals surface area contributed by atoms with E-state index < -0.39 is 30.2 Å². The van der Waals surface area contributed by atoms with Gasteiger partial charge in [-0.2, -0.15) is 0 Å². The Morgan fingerprint density at radius 1 is 0.786 bits per heavy atom. The van der Waals surface area contributed by atoms with Crippen LogP contribution in [-0.4, -0.2) is 42.6 Å². The largest absolute Gasteiger partial charge is 0.457 e. The summed E-state index contributed by atoms with van der Waals surface area (Å²) in [7, 11) is 0. The number of hydrogen-bond acceptors (Lipinski definition) is 7. The smallest absolute Gasteiger partial charge is 0.343 e. The maximum absolute atomic E-state index is 13.2. The minimum absolute atomic E-state index is 0.00988. The average molecular weight is 582 g/mol. The van der Waals surface area contributed by atoms with Crippen molar-refractivity contribution in [2.24, 2.45) is 5.92 Å². The van der Waals surface area contributed by atoms with E-state index in [1.54, 1.807) is 72.8 Å². The van der Waals surface area contributed by atoms with Gasteiger partial charge < -0.3 is 14.4 Å². The minimum Gasteiger partial charge on any atom is -0.457 e. The molecule has 0 aliphatic carbocycles. The van der Waals surface area contributed by atoms with Gasteiger partial charge in [-0.1, -0.05) is 60.1 Å². The Kier molecular flexibility index (Phi) is 8.55. The zero-order chi connectivity index (χ0) is 29.6. The van der Waals surface area contributed by atoms with Crippen molar-refractivity contribution in [1.82, 2.24) is 0 Å². The number of benzene rings is 4. The number of anilines is 1. The van der Waals surface area contributed by atoms with Crippen LogP contribution >= 0.6 is 11.6 Å². The molecule has 1 saturated heterocycles. The first-order chi connectivity index (χ1) is 20.3. The van der Waals surface area contributed by atoms with E-state index in [0.29, 0.717) is 21.8 Å². The van der Waals surface area contributed by atoms with Crippen molar-refractivity contribution in [3.63, 3.8) is 0 Å². The third kappa shape index (κ3) is 6.45. The van der Waals surface area contributed by atoms with Crippen LogP contribution in [0.25, 0.3) is 0 Å². The van der Waals surface area contributed by atoms with E-state index in [2.05, 4.69) is 0 Å². The highest BCUT2D eigenvalue weighted by Gasteiger charge is 2.38. The summed E-state index contributed by atoms with van der Waals surface area (Å²) < 4.78 is 10.6. The molecule has 42 heavy (non-hydrogen) atoms. The lowest BCUT2D eigenvalue weighted by atomic mass is 10.0. The first kappa shape index (κ1) is 28.4. The SMILES string of the molecule is O=C(COC(=O)[C@H]1CC(=O)N(c2ccc(Cl)cc2C(=O)c2ccccc2)C1)c1ccc(OC(=O)c2ccccc2)cc1. The maximum atomic E-state index is 13.2.